The van der Waals surface area contributed by atoms with Crippen molar-refractivity contribution in [2.75, 3.05) is 6.61 Å². The third-order valence-corrected chi connectivity index (χ3v) is 5.83. The number of fused-ring (bicyclic) bond motifs is 4. The van der Waals surface area contributed by atoms with Crippen LogP contribution in [0.5, 0.6) is 0 Å². The van der Waals surface area contributed by atoms with Gasteiger partial charge in [0.15, 0.2) is 6.04 Å². The van der Waals surface area contributed by atoms with E-state index < -0.39 is 18.1 Å². The highest BCUT2D eigenvalue weighted by molar-refractivity contribution is 5.85. The number of rotatable bonds is 3. The van der Waals surface area contributed by atoms with E-state index in [1.54, 1.807) is 6.07 Å². The molecule has 0 saturated heterocycles. The Morgan fingerprint density at radius 2 is 1.41 bits per heavy atom. The van der Waals surface area contributed by atoms with Crippen LogP contribution in [0.15, 0.2) is 72.8 Å². The minimum atomic E-state index is -1.13. The van der Waals surface area contributed by atoms with Gasteiger partial charge in [0.25, 0.3) is 0 Å². The van der Waals surface area contributed by atoms with Crippen molar-refractivity contribution in [1.82, 2.24) is 4.90 Å². The number of carbonyl (C=O) groups excluding carboxylic acids is 1. The number of hydrogen-bond donors (Lipinski definition) is 1. The van der Waals surface area contributed by atoms with Crippen molar-refractivity contribution >= 4 is 12.1 Å². The summed E-state index contributed by atoms with van der Waals surface area (Å²) in [6.45, 7) is 0.374. The van der Waals surface area contributed by atoms with Crippen LogP contribution in [-0.4, -0.2) is 28.7 Å². The molecule has 5 heteroatoms. The number of carbonyl (C=O) groups is 2. The van der Waals surface area contributed by atoms with Crippen LogP contribution in [0, 0.1) is 0 Å². The zero-order chi connectivity index (χ0) is 20.0. The molecule has 1 unspecified atom stereocenters. The largest absolute Gasteiger partial charge is 0.465 e. The first kappa shape index (κ1) is 17.5. The molecule has 1 aliphatic heterocycles. The molecular formula is C24H19NO4. The van der Waals surface area contributed by atoms with Crippen molar-refractivity contribution < 1.29 is 19.4 Å². The zero-order valence-electron chi connectivity index (χ0n) is 15.6. The number of esters is 1. The molecule has 1 amide bonds. The molecule has 3 aromatic carbocycles. The smallest absolute Gasteiger partial charge is 0.408 e. The Morgan fingerprint density at radius 3 is 2.03 bits per heavy atom. The first-order valence-corrected chi connectivity index (χ1v) is 9.57. The molecule has 0 saturated carbocycles. The molecule has 0 bridgehead atoms. The monoisotopic (exact) mass is 385 g/mol. The SMILES string of the molecule is O=C(OCC1c2ccccc2-c2ccccc21)C1c2ccccc2CN1C(=O)O. The molecule has 144 valence electrons. The van der Waals surface area contributed by atoms with E-state index >= 15 is 0 Å². The van der Waals surface area contributed by atoms with E-state index in [1.165, 1.54) is 0 Å². The molecule has 1 N–H and O–H groups in total. The summed E-state index contributed by atoms with van der Waals surface area (Å²) in [4.78, 5) is 25.8. The Labute approximate surface area is 168 Å². The maximum absolute atomic E-state index is 13.0. The van der Waals surface area contributed by atoms with E-state index in [0.717, 1.165) is 32.7 Å². The number of benzene rings is 3. The summed E-state index contributed by atoms with van der Waals surface area (Å²) in [6.07, 6.45) is -1.13. The summed E-state index contributed by atoms with van der Waals surface area (Å²) in [6, 6.07) is 22.6. The molecule has 5 rings (SSSR count). The van der Waals surface area contributed by atoms with Crippen molar-refractivity contribution in [1.29, 1.82) is 0 Å². The average Bonchev–Trinajstić information content (AvgIpc) is 3.29. The standard InChI is InChI=1S/C24H19NO4/c26-23(22-16-8-2-1-7-15(16)13-25(22)24(27)28)29-14-21-19-11-5-3-9-17(19)18-10-4-6-12-20(18)21/h1-12,21-22H,13-14H2,(H,27,28). The van der Waals surface area contributed by atoms with E-state index in [0.29, 0.717) is 5.56 Å². The summed E-state index contributed by atoms with van der Waals surface area (Å²) in [5, 5.41) is 9.56. The molecule has 0 spiro atoms. The Balaban J connectivity index is 1.42. The number of carboxylic acid groups (broad SMARTS) is 1. The van der Waals surface area contributed by atoms with Gasteiger partial charge in [-0.25, -0.2) is 9.59 Å². The van der Waals surface area contributed by atoms with Gasteiger partial charge in [-0.3, -0.25) is 4.90 Å². The molecule has 3 aromatic rings. The first-order chi connectivity index (χ1) is 14.1. The Morgan fingerprint density at radius 1 is 0.862 bits per heavy atom. The highest BCUT2D eigenvalue weighted by atomic mass is 16.5. The number of amides is 1. The third kappa shape index (κ3) is 2.78. The maximum Gasteiger partial charge on any atom is 0.408 e. The summed E-state index contributed by atoms with van der Waals surface area (Å²) in [5.74, 6) is -0.583. The lowest BCUT2D eigenvalue weighted by atomic mass is 9.98. The van der Waals surface area contributed by atoms with Crippen LogP contribution in [0.25, 0.3) is 11.1 Å². The second-order valence-electron chi connectivity index (χ2n) is 7.37. The van der Waals surface area contributed by atoms with Crippen LogP contribution < -0.4 is 0 Å². The van der Waals surface area contributed by atoms with E-state index in [1.807, 2.05) is 42.5 Å². The number of nitrogens with zero attached hydrogens (tertiary/aromatic N) is 1. The molecule has 29 heavy (non-hydrogen) atoms. The van der Waals surface area contributed by atoms with Crippen molar-refractivity contribution in [2.24, 2.45) is 0 Å². The van der Waals surface area contributed by atoms with Gasteiger partial charge < -0.3 is 9.84 Å². The lowest BCUT2D eigenvalue weighted by Crippen LogP contribution is -2.34. The Kier molecular flexibility index (Phi) is 4.09. The predicted octanol–water partition coefficient (Wildman–Crippen LogP) is 4.58. The van der Waals surface area contributed by atoms with E-state index in [9.17, 15) is 14.7 Å². The summed E-state index contributed by atoms with van der Waals surface area (Å²) < 4.78 is 5.72. The van der Waals surface area contributed by atoms with Gasteiger partial charge in [0, 0.05) is 5.92 Å². The summed E-state index contributed by atoms with van der Waals surface area (Å²) in [7, 11) is 0. The molecule has 5 nitrogen and oxygen atoms in total. The molecule has 1 heterocycles. The molecular weight excluding hydrogens is 366 g/mol. The van der Waals surface area contributed by atoms with Crippen molar-refractivity contribution in [2.45, 2.75) is 18.5 Å². The number of ether oxygens (including phenoxy) is 1. The summed E-state index contributed by atoms with van der Waals surface area (Å²) >= 11 is 0. The van der Waals surface area contributed by atoms with Crippen LogP contribution in [0.4, 0.5) is 4.79 Å². The van der Waals surface area contributed by atoms with Crippen molar-refractivity contribution in [3.8, 4) is 11.1 Å². The normalized spacial score (nSPS) is 16.8. The molecule has 1 atom stereocenters. The van der Waals surface area contributed by atoms with E-state index in [2.05, 4.69) is 24.3 Å². The van der Waals surface area contributed by atoms with Crippen LogP contribution >= 0.6 is 0 Å². The zero-order valence-corrected chi connectivity index (χ0v) is 15.6. The van der Waals surface area contributed by atoms with E-state index in [-0.39, 0.29) is 19.1 Å². The van der Waals surface area contributed by atoms with Gasteiger partial charge in [-0.15, -0.1) is 0 Å². The minimum absolute atomic E-state index is 0.0544. The molecule has 1 aliphatic carbocycles. The van der Waals surface area contributed by atoms with Gasteiger partial charge in [0.05, 0.1) is 6.54 Å². The average molecular weight is 385 g/mol. The molecule has 0 fully saturated rings. The van der Waals surface area contributed by atoms with E-state index in [4.69, 9.17) is 4.74 Å². The number of hydrogen-bond acceptors (Lipinski definition) is 3. The highest BCUT2D eigenvalue weighted by Gasteiger charge is 2.40. The maximum atomic E-state index is 13.0. The Bertz CT molecular complexity index is 1080. The Hall–Kier alpha value is -3.60. The van der Waals surface area contributed by atoms with Gasteiger partial charge in [-0.2, -0.15) is 0 Å². The van der Waals surface area contributed by atoms with Crippen molar-refractivity contribution in [3.05, 3.63) is 95.1 Å². The fraction of sp³-hybridized carbons (Fsp3) is 0.167. The van der Waals surface area contributed by atoms with Gasteiger partial charge >= 0.3 is 12.1 Å². The third-order valence-electron chi connectivity index (χ3n) is 5.83. The first-order valence-electron chi connectivity index (χ1n) is 9.57. The second-order valence-corrected chi connectivity index (χ2v) is 7.37. The van der Waals surface area contributed by atoms with Gasteiger partial charge in [0.2, 0.25) is 0 Å². The van der Waals surface area contributed by atoms with Gasteiger partial charge in [0.1, 0.15) is 6.61 Å². The lowest BCUT2D eigenvalue weighted by Gasteiger charge is -2.22. The van der Waals surface area contributed by atoms with Gasteiger partial charge in [-0.1, -0.05) is 72.8 Å². The van der Waals surface area contributed by atoms with Crippen molar-refractivity contribution in [3.63, 3.8) is 0 Å². The second kappa shape index (κ2) is 6.78. The fourth-order valence-corrected chi connectivity index (χ4v) is 4.50. The quantitative estimate of drug-likeness (QED) is 0.671. The van der Waals surface area contributed by atoms with Crippen LogP contribution in [0.1, 0.15) is 34.2 Å². The summed E-state index contributed by atoms with van der Waals surface area (Å²) in [5.41, 5.74) is 6.11. The predicted molar refractivity (Wildman–Crippen MR) is 107 cm³/mol. The fourth-order valence-electron chi connectivity index (χ4n) is 4.50. The van der Waals surface area contributed by atoms with Crippen LogP contribution in [0.3, 0.4) is 0 Å². The molecule has 0 aromatic heterocycles. The topological polar surface area (TPSA) is 66.8 Å². The minimum Gasteiger partial charge on any atom is -0.465 e. The molecule has 2 aliphatic rings. The molecule has 0 radical (unpaired) electrons. The van der Waals surface area contributed by atoms with Gasteiger partial charge in [-0.05, 0) is 33.4 Å². The highest BCUT2D eigenvalue weighted by Crippen LogP contribution is 2.45. The lowest BCUT2D eigenvalue weighted by molar-refractivity contribution is -0.149. The van der Waals surface area contributed by atoms with Crippen LogP contribution in [-0.2, 0) is 16.1 Å². The van der Waals surface area contributed by atoms with Crippen LogP contribution in [0.2, 0.25) is 0 Å².